The van der Waals surface area contributed by atoms with Gasteiger partial charge >= 0.3 is 28.3 Å². The van der Waals surface area contributed by atoms with Crippen LogP contribution in [0.25, 0.3) is 0 Å². The van der Waals surface area contributed by atoms with Gasteiger partial charge in [0.25, 0.3) is 0 Å². The van der Waals surface area contributed by atoms with Crippen LogP contribution in [0.15, 0.2) is 199 Å². The van der Waals surface area contributed by atoms with Crippen LogP contribution in [-0.2, 0) is 46.8 Å². The van der Waals surface area contributed by atoms with Gasteiger partial charge in [0.2, 0.25) is 0 Å². The third kappa shape index (κ3) is 12.5. The minimum atomic E-state index is -6.75. The first-order valence-corrected chi connectivity index (χ1v) is 26.3. The zero-order valence-corrected chi connectivity index (χ0v) is 39.8. The van der Waals surface area contributed by atoms with E-state index in [1.807, 2.05) is 60.7 Å². The molecule has 4 atom stereocenters. The van der Waals surface area contributed by atoms with Gasteiger partial charge in [0.1, 0.15) is 17.6 Å². The summed E-state index contributed by atoms with van der Waals surface area (Å²) >= 11 is 0. The van der Waals surface area contributed by atoms with Crippen LogP contribution >= 0.6 is 0 Å². The average Bonchev–Trinajstić information content (AvgIpc) is 3.95. The molecule has 6 aromatic carbocycles. The Morgan fingerprint density at radius 3 is 1.14 bits per heavy atom. The molecular formula is C49H42F8O9S4. The molecule has 2 fully saturated rings. The van der Waals surface area contributed by atoms with Gasteiger partial charge in [-0.1, -0.05) is 72.8 Å². The summed E-state index contributed by atoms with van der Waals surface area (Å²) in [6.07, 6.45) is -0.452. The number of halogens is 8. The molecule has 2 aliphatic carbocycles. The van der Waals surface area contributed by atoms with Gasteiger partial charge in [0, 0.05) is 6.92 Å². The summed E-state index contributed by atoms with van der Waals surface area (Å²) in [6.45, 7) is -0.345. The van der Waals surface area contributed by atoms with Gasteiger partial charge in [0.05, 0.1) is 21.8 Å². The highest BCUT2D eigenvalue weighted by Crippen LogP contribution is 2.46. The highest BCUT2D eigenvalue weighted by molar-refractivity contribution is 7.97. The van der Waals surface area contributed by atoms with Crippen LogP contribution < -0.4 is 9.47 Å². The van der Waals surface area contributed by atoms with E-state index in [2.05, 4.69) is 89.7 Å². The molecule has 6 aromatic rings. The maximum atomic E-state index is 14.0. The smallest absolute Gasteiger partial charge is 0.447 e. The number of carbonyl (C=O) groups excluding carboxylic acids is 1. The van der Waals surface area contributed by atoms with Crippen molar-refractivity contribution in [3.05, 3.63) is 170 Å². The number of benzene rings is 6. The molecule has 0 amide bonds. The Hall–Kier alpha value is -5.45. The van der Waals surface area contributed by atoms with Crippen molar-refractivity contribution >= 4 is 48.0 Å². The Morgan fingerprint density at radius 1 is 0.514 bits per heavy atom. The summed E-state index contributed by atoms with van der Waals surface area (Å²) in [7, 11) is -13.7. The van der Waals surface area contributed by atoms with Crippen LogP contribution in [0.3, 0.4) is 0 Å². The van der Waals surface area contributed by atoms with E-state index in [1.165, 1.54) is 52.5 Å². The second-order valence-corrected chi connectivity index (χ2v) is 22.9. The lowest BCUT2D eigenvalue weighted by atomic mass is 9.98. The zero-order chi connectivity index (χ0) is 51.1. The fourth-order valence-corrected chi connectivity index (χ4v) is 12.7. The minimum Gasteiger partial charge on any atom is -0.745 e. The highest BCUT2D eigenvalue weighted by atomic mass is 32.2. The van der Waals surface area contributed by atoms with E-state index in [1.54, 1.807) is 0 Å². The van der Waals surface area contributed by atoms with Gasteiger partial charge in [-0.25, -0.2) is 26.0 Å². The lowest BCUT2D eigenvalue weighted by Gasteiger charge is -2.27. The molecule has 2 aliphatic rings. The summed E-state index contributed by atoms with van der Waals surface area (Å²) in [4.78, 5) is 18.3. The Kier molecular flexibility index (Phi) is 16.9. The highest BCUT2D eigenvalue weighted by Gasteiger charge is 2.69. The molecule has 4 unspecified atom stereocenters. The molecule has 2 saturated carbocycles. The minimum absolute atomic E-state index is 0.0839. The van der Waals surface area contributed by atoms with Crippen molar-refractivity contribution in [2.45, 2.75) is 90.4 Å². The predicted molar refractivity (Wildman–Crippen MR) is 243 cm³/mol. The van der Waals surface area contributed by atoms with Crippen molar-refractivity contribution < 1.29 is 75.3 Å². The molecule has 0 spiro atoms. The molecule has 0 N–H and O–H groups in total. The van der Waals surface area contributed by atoms with E-state index in [0.29, 0.717) is 11.0 Å². The van der Waals surface area contributed by atoms with E-state index >= 15 is 0 Å². The van der Waals surface area contributed by atoms with E-state index in [4.69, 9.17) is 4.74 Å². The van der Waals surface area contributed by atoms with Crippen LogP contribution in [-0.4, -0.2) is 60.4 Å². The standard InChI is InChI=1S/C25H25OS.C21H14F4O5S2.C3H4F4O3S/c1-3-7-22(8-4-1)27(23-9-5-2-6-10-23)24-15-13-21(14-16-24)26-25-18-19-11-12-20(25)17-19;22-20(21(23,24)25,32(27,28)29)19(26)30-15-11-13-18(14-12-15)31(16-7-3-1-4-8-16)17-9-5-2-6-10-17;1-2(4,5)3(6,7)11(8,9)10/h1-10,13-16,19-20,25H,11-12,17-18H2;1-14H;1H3,(H,8,9,10)/q+1;;/p-1. The average molecular weight is 1060 g/mol. The second kappa shape index (κ2) is 21.9. The largest absolute Gasteiger partial charge is 0.745 e. The van der Waals surface area contributed by atoms with Gasteiger partial charge in [0.15, 0.2) is 49.6 Å². The van der Waals surface area contributed by atoms with Crippen LogP contribution in [0.4, 0.5) is 35.1 Å². The monoisotopic (exact) mass is 1050 g/mol. The van der Waals surface area contributed by atoms with Crippen LogP contribution in [0, 0.1) is 11.8 Å². The third-order valence-electron chi connectivity index (χ3n) is 11.0. The molecule has 0 heterocycles. The van der Waals surface area contributed by atoms with Crippen LogP contribution in [0.2, 0.25) is 0 Å². The fraction of sp³-hybridized carbons (Fsp3) is 0.245. The molecule has 9 nitrogen and oxygen atoms in total. The Morgan fingerprint density at radius 2 is 0.871 bits per heavy atom. The van der Waals surface area contributed by atoms with E-state index in [9.17, 15) is 65.9 Å². The lowest BCUT2D eigenvalue weighted by molar-refractivity contribution is -0.209. The first kappa shape index (κ1) is 53.9. The molecule has 0 radical (unpaired) electrons. The normalized spacial score (nSPS) is 17.9. The first-order valence-electron chi connectivity index (χ1n) is 21.0. The molecule has 2 bridgehead atoms. The molecular weight excluding hydrogens is 1010 g/mol. The predicted octanol–water partition coefficient (Wildman–Crippen LogP) is 11.6. The van der Waals surface area contributed by atoms with Crippen molar-refractivity contribution in [2.24, 2.45) is 11.8 Å². The topological polar surface area (TPSA) is 150 Å². The summed E-state index contributed by atoms with van der Waals surface area (Å²) in [5, 5.41) is -11.3. The maximum Gasteiger partial charge on any atom is 0.447 e. The van der Waals surface area contributed by atoms with Crippen molar-refractivity contribution in [3.63, 3.8) is 0 Å². The third-order valence-corrected chi connectivity index (χ3v) is 17.5. The Labute approximate surface area is 405 Å². The fourth-order valence-electron chi connectivity index (χ4n) is 7.60. The summed E-state index contributed by atoms with van der Waals surface area (Å²) in [5.74, 6) is -5.55. The van der Waals surface area contributed by atoms with E-state index < -0.39 is 65.2 Å². The van der Waals surface area contributed by atoms with Crippen LogP contribution in [0.1, 0.15) is 32.6 Å². The SMILES string of the molecule is CC(F)(F)C(F)(F)S(=O)(=O)[O-].O=C(Oc1ccc([S+](c2ccccc2)c2ccccc2)cc1)C(F)(C(F)(F)F)S(=O)(=O)[O-].c1ccc([S+](c2ccccc2)c2ccc(OC3CC4CCC3C4)cc2)cc1. The molecule has 372 valence electrons. The second-order valence-electron chi connectivity index (χ2n) is 15.9. The molecule has 0 aromatic heterocycles. The van der Waals surface area contributed by atoms with Gasteiger partial charge in [-0.05, 0) is 135 Å². The van der Waals surface area contributed by atoms with E-state index in [-0.39, 0.29) is 17.8 Å². The number of alkyl halides is 8. The molecule has 0 saturated heterocycles. The van der Waals surface area contributed by atoms with Gasteiger partial charge in [-0.15, -0.1) is 0 Å². The summed E-state index contributed by atoms with van der Waals surface area (Å²) < 4.78 is 171. The number of ether oxygens (including phenoxy) is 2. The Balaban J connectivity index is 0.000000191. The number of hydrogen-bond acceptors (Lipinski definition) is 9. The number of fused-ring (bicyclic) bond motifs is 2. The molecule has 8 rings (SSSR count). The molecule has 21 heteroatoms. The number of carbonyl (C=O) groups is 1. The van der Waals surface area contributed by atoms with Crippen LogP contribution in [0.5, 0.6) is 11.5 Å². The number of esters is 1. The Bertz CT molecular complexity index is 2800. The molecule has 0 aliphatic heterocycles. The number of rotatable bonds is 13. The van der Waals surface area contributed by atoms with Crippen molar-refractivity contribution in [2.75, 3.05) is 0 Å². The maximum absolute atomic E-state index is 14.0. The van der Waals surface area contributed by atoms with Gasteiger partial charge in [-0.2, -0.15) is 30.7 Å². The first-order chi connectivity index (χ1) is 32.8. The lowest BCUT2D eigenvalue weighted by Crippen LogP contribution is -2.56. The molecule has 70 heavy (non-hydrogen) atoms. The summed E-state index contributed by atoms with van der Waals surface area (Å²) in [5.41, 5.74) is 0. The van der Waals surface area contributed by atoms with E-state index in [0.717, 1.165) is 39.5 Å². The van der Waals surface area contributed by atoms with Crippen molar-refractivity contribution in [1.82, 2.24) is 0 Å². The van der Waals surface area contributed by atoms with Crippen molar-refractivity contribution in [3.8, 4) is 11.5 Å². The summed E-state index contributed by atoms with van der Waals surface area (Å²) in [6, 6.07) is 54.2. The van der Waals surface area contributed by atoms with Gasteiger partial charge in [-0.3, -0.25) is 0 Å². The van der Waals surface area contributed by atoms with Gasteiger partial charge < -0.3 is 18.6 Å². The quantitative estimate of drug-likeness (QED) is 0.0362. The van der Waals surface area contributed by atoms with Crippen molar-refractivity contribution in [1.29, 1.82) is 0 Å². The zero-order valence-electron chi connectivity index (χ0n) is 36.6. The number of hydrogen-bond donors (Lipinski definition) is 0.